The highest BCUT2D eigenvalue weighted by Gasteiger charge is 2.48. The van der Waals surface area contributed by atoms with Gasteiger partial charge < -0.3 is 14.9 Å². The van der Waals surface area contributed by atoms with E-state index in [1.165, 1.54) is 9.80 Å². The number of hydrogen-bond acceptors (Lipinski definition) is 5. The van der Waals surface area contributed by atoms with Crippen molar-refractivity contribution in [1.82, 2.24) is 14.7 Å². The van der Waals surface area contributed by atoms with Crippen LogP contribution in [-0.2, 0) is 4.79 Å². The van der Waals surface area contributed by atoms with Crippen LogP contribution < -0.4 is 0 Å². The molecule has 2 aliphatic rings. The van der Waals surface area contributed by atoms with Gasteiger partial charge in [0, 0.05) is 20.6 Å². The molecule has 112 valence electrons. The topological polar surface area (TPSA) is 76.5 Å². The molecule has 20 heavy (non-hydrogen) atoms. The van der Waals surface area contributed by atoms with E-state index in [-0.39, 0.29) is 18.0 Å². The van der Waals surface area contributed by atoms with Gasteiger partial charge in [-0.3, -0.25) is 9.69 Å². The number of aliphatic hydroxyl groups is 1. The van der Waals surface area contributed by atoms with Crippen LogP contribution in [0, 0.1) is 0 Å². The van der Waals surface area contributed by atoms with E-state index in [0.717, 1.165) is 6.42 Å². The van der Waals surface area contributed by atoms with E-state index in [9.17, 15) is 14.7 Å². The quantitative estimate of drug-likeness (QED) is 0.726. The molecule has 2 unspecified atom stereocenters. The molecule has 1 N–H and O–H groups in total. The van der Waals surface area contributed by atoms with Crippen LogP contribution in [0.15, 0.2) is 4.99 Å². The fraction of sp³-hybridized carbons (Fsp3) is 0.769. The molecule has 2 heterocycles. The van der Waals surface area contributed by atoms with Crippen LogP contribution in [0.1, 0.15) is 26.2 Å². The van der Waals surface area contributed by atoms with Crippen molar-refractivity contribution in [3.8, 4) is 0 Å². The first kappa shape index (κ1) is 14.8. The maximum atomic E-state index is 12.4. The highest BCUT2D eigenvalue weighted by molar-refractivity contribution is 6.01. The summed E-state index contributed by atoms with van der Waals surface area (Å²) in [5.41, 5.74) is 0. The second-order valence-electron chi connectivity index (χ2n) is 5.52. The maximum absolute atomic E-state index is 12.4. The van der Waals surface area contributed by atoms with E-state index >= 15 is 0 Å². The van der Waals surface area contributed by atoms with Crippen molar-refractivity contribution in [3.63, 3.8) is 0 Å². The monoisotopic (exact) mass is 282 g/mol. The number of carbonyl (C=O) groups is 2. The molecule has 3 atom stereocenters. The van der Waals surface area contributed by atoms with E-state index in [1.54, 1.807) is 32.3 Å². The van der Waals surface area contributed by atoms with Gasteiger partial charge in [-0.05, 0) is 26.2 Å². The van der Waals surface area contributed by atoms with Crippen LogP contribution >= 0.6 is 0 Å². The molecule has 1 fully saturated rings. The molecule has 0 aliphatic carbocycles. The smallest absolute Gasteiger partial charge is 0.328 e. The van der Waals surface area contributed by atoms with Gasteiger partial charge in [-0.25, -0.2) is 9.79 Å². The fourth-order valence-electron chi connectivity index (χ4n) is 2.62. The molecule has 2 rings (SSSR count). The number of imide groups is 1. The van der Waals surface area contributed by atoms with E-state index in [0.29, 0.717) is 19.4 Å². The first-order valence-corrected chi connectivity index (χ1v) is 6.95. The second kappa shape index (κ2) is 5.78. The van der Waals surface area contributed by atoms with Crippen LogP contribution in [0.5, 0.6) is 0 Å². The average Bonchev–Trinajstić information content (AvgIpc) is 2.77. The van der Waals surface area contributed by atoms with E-state index in [4.69, 9.17) is 0 Å². The average molecular weight is 282 g/mol. The zero-order chi connectivity index (χ0) is 14.9. The van der Waals surface area contributed by atoms with Gasteiger partial charge in [0.1, 0.15) is 0 Å². The van der Waals surface area contributed by atoms with Gasteiger partial charge in [0.2, 0.25) is 0 Å². The van der Waals surface area contributed by atoms with Crippen molar-refractivity contribution in [1.29, 1.82) is 0 Å². The summed E-state index contributed by atoms with van der Waals surface area (Å²) in [6.07, 6.45) is 3.03. The number of rotatable bonds is 5. The van der Waals surface area contributed by atoms with Crippen LogP contribution in [0.25, 0.3) is 0 Å². The Morgan fingerprint density at radius 3 is 2.70 bits per heavy atom. The lowest BCUT2D eigenvalue weighted by atomic mass is 10.1. The lowest BCUT2D eigenvalue weighted by molar-refractivity contribution is -0.137. The molecular formula is C13H22N4O3. The zero-order valence-corrected chi connectivity index (χ0v) is 12.2. The molecule has 1 saturated heterocycles. The Labute approximate surface area is 118 Å². The highest BCUT2D eigenvalue weighted by Crippen LogP contribution is 2.24. The highest BCUT2D eigenvalue weighted by atomic mass is 16.3. The molecule has 0 bridgehead atoms. The largest absolute Gasteiger partial charge is 0.393 e. The number of likely N-dealkylation sites (N-methyl/N-ethyl adjacent to an activating group) is 2. The summed E-state index contributed by atoms with van der Waals surface area (Å²) < 4.78 is 0. The molecule has 0 radical (unpaired) electrons. The van der Waals surface area contributed by atoms with Gasteiger partial charge in [-0.15, -0.1) is 0 Å². The van der Waals surface area contributed by atoms with E-state index in [2.05, 4.69) is 4.99 Å². The Hall–Kier alpha value is -1.63. The Morgan fingerprint density at radius 1 is 1.35 bits per heavy atom. The summed E-state index contributed by atoms with van der Waals surface area (Å²) in [7, 11) is 3.47. The van der Waals surface area contributed by atoms with Gasteiger partial charge in [-0.1, -0.05) is 0 Å². The number of hydrogen-bond donors (Lipinski definition) is 1. The molecule has 7 heteroatoms. The van der Waals surface area contributed by atoms with Gasteiger partial charge in [0.15, 0.2) is 12.2 Å². The summed E-state index contributed by atoms with van der Waals surface area (Å²) in [6.45, 7) is 2.13. The SMILES string of the molecule is C[C@@H](O)CCCCN1C(=O)C2C(N=CN2C)N(C)C1=O. The summed E-state index contributed by atoms with van der Waals surface area (Å²) in [6, 6.07) is -0.699. The first-order valence-electron chi connectivity index (χ1n) is 6.95. The predicted octanol–water partition coefficient (Wildman–Crippen LogP) is 0.0999. The molecule has 0 aromatic carbocycles. The predicted molar refractivity (Wildman–Crippen MR) is 74.2 cm³/mol. The number of nitrogens with zero attached hydrogens (tertiary/aromatic N) is 4. The molecular weight excluding hydrogens is 260 g/mol. The van der Waals surface area contributed by atoms with E-state index < -0.39 is 12.2 Å². The minimum atomic E-state index is -0.409. The molecule has 7 nitrogen and oxygen atoms in total. The van der Waals surface area contributed by atoms with Gasteiger partial charge in [0.05, 0.1) is 12.4 Å². The number of aliphatic hydroxyl groups excluding tert-OH is 1. The minimum Gasteiger partial charge on any atom is -0.393 e. The van der Waals surface area contributed by atoms with Crippen molar-refractivity contribution >= 4 is 18.3 Å². The molecule has 0 aromatic rings. The number of carbonyl (C=O) groups excluding carboxylic acids is 2. The first-order chi connectivity index (χ1) is 9.43. The van der Waals surface area contributed by atoms with Crippen molar-refractivity contribution in [2.75, 3.05) is 20.6 Å². The van der Waals surface area contributed by atoms with Crippen molar-refractivity contribution in [3.05, 3.63) is 0 Å². The van der Waals surface area contributed by atoms with Crippen LogP contribution in [0.2, 0.25) is 0 Å². The molecule has 2 aliphatic heterocycles. The van der Waals surface area contributed by atoms with Gasteiger partial charge >= 0.3 is 6.03 Å². The molecule has 0 saturated carbocycles. The summed E-state index contributed by atoms with van der Waals surface area (Å²) in [4.78, 5) is 33.4. The number of unbranched alkanes of at least 4 members (excludes halogenated alkanes) is 1. The Kier molecular flexibility index (Phi) is 4.27. The van der Waals surface area contributed by atoms with Crippen LogP contribution in [-0.4, -0.2) is 77.0 Å². The third-order valence-electron chi connectivity index (χ3n) is 3.82. The number of urea groups is 1. The Bertz CT molecular complexity index is 424. The van der Waals surface area contributed by atoms with E-state index in [1.807, 2.05) is 0 Å². The Morgan fingerprint density at radius 2 is 2.05 bits per heavy atom. The third-order valence-corrected chi connectivity index (χ3v) is 3.82. The number of amides is 3. The number of aliphatic imine (C=N–C) groups is 1. The van der Waals surface area contributed by atoms with Crippen LogP contribution in [0.4, 0.5) is 4.79 Å². The number of fused-ring (bicyclic) bond motifs is 1. The molecule has 0 aromatic heterocycles. The van der Waals surface area contributed by atoms with Crippen LogP contribution in [0.3, 0.4) is 0 Å². The minimum absolute atomic E-state index is 0.185. The lowest BCUT2D eigenvalue weighted by Crippen LogP contribution is -2.64. The third kappa shape index (κ3) is 2.63. The summed E-state index contributed by atoms with van der Waals surface area (Å²) in [5.74, 6) is -0.185. The summed E-state index contributed by atoms with van der Waals surface area (Å²) >= 11 is 0. The standard InChI is InChI=1S/C13H22N4O3/c1-9(18)6-4-5-7-17-12(19)10-11(14-8-15(10)2)16(3)13(17)20/h8-11,18H,4-7H2,1-3H3/t9-,10?,11?/m1/s1. The Balaban J connectivity index is 1.98. The summed E-state index contributed by atoms with van der Waals surface area (Å²) in [5, 5.41) is 9.21. The van der Waals surface area contributed by atoms with Gasteiger partial charge in [0.25, 0.3) is 5.91 Å². The molecule has 3 amide bonds. The normalized spacial score (nSPS) is 27.3. The molecule has 0 spiro atoms. The maximum Gasteiger partial charge on any atom is 0.328 e. The zero-order valence-electron chi connectivity index (χ0n) is 12.2. The lowest BCUT2D eigenvalue weighted by Gasteiger charge is -2.40. The fourth-order valence-corrected chi connectivity index (χ4v) is 2.62. The van der Waals surface area contributed by atoms with Crippen molar-refractivity contribution in [2.45, 2.75) is 44.5 Å². The van der Waals surface area contributed by atoms with Gasteiger partial charge in [-0.2, -0.15) is 0 Å². The van der Waals surface area contributed by atoms with Crippen molar-refractivity contribution < 1.29 is 14.7 Å². The second-order valence-corrected chi connectivity index (χ2v) is 5.52. The van der Waals surface area contributed by atoms with Crippen molar-refractivity contribution in [2.24, 2.45) is 4.99 Å².